The molecule has 1 amide bonds. The van der Waals surface area contributed by atoms with Gasteiger partial charge in [0.05, 0.1) is 26.4 Å². The van der Waals surface area contributed by atoms with Gasteiger partial charge in [-0.25, -0.2) is 5.43 Å². The highest BCUT2D eigenvalue weighted by atomic mass is 16.5. The summed E-state index contributed by atoms with van der Waals surface area (Å²) in [5.74, 6) is 0.0537. The lowest BCUT2D eigenvalue weighted by molar-refractivity contribution is -0.136. The number of carboxylic acids is 1. The molecule has 0 spiro atoms. The molecule has 2 rings (SSSR count). The van der Waals surface area contributed by atoms with Gasteiger partial charge in [-0.2, -0.15) is 5.10 Å². The van der Waals surface area contributed by atoms with E-state index in [0.717, 1.165) is 0 Å². The van der Waals surface area contributed by atoms with E-state index in [1.165, 1.54) is 14.2 Å². The first-order chi connectivity index (χ1) is 13.4. The van der Waals surface area contributed by atoms with Crippen LogP contribution < -0.4 is 19.6 Å². The molecular weight excluding hydrogens is 364 g/mol. The Hall–Kier alpha value is -3.55. The minimum absolute atomic E-state index is 0.177. The van der Waals surface area contributed by atoms with Gasteiger partial charge in [0.2, 0.25) is 0 Å². The van der Waals surface area contributed by atoms with Gasteiger partial charge in [0.15, 0.2) is 18.1 Å². The molecule has 2 N–H and O–H groups in total. The Balaban J connectivity index is 2.01. The maximum absolute atomic E-state index is 12.0. The molecule has 0 bridgehead atoms. The first-order valence-electron chi connectivity index (χ1n) is 8.42. The van der Waals surface area contributed by atoms with Crippen molar-refractivity contribution in [3.05, 3.63) is 53.6 Å². The number of nitrogens with zero attached hydrogens (tertiary/aromatic N) is 1. The molecule has 0 radical (unpaired) electrons. The monoisotopic (exact) mass is 386 g/mol. The summed E-state index contributed by atoms with van der Waals surface area (Å²) in [5, 5.41) is 13.1. The molecule has 8 heteroatoms. The van der Waals surface area contributed by atoms with Gasteiger partial charge in [0.25, 0.3) is 5.91 Å². The summed E-state index contributed by atoms with van der Waals surface area (Å²) in [6, 6.07) is 12.1. The summed E-state index contributed by atoms with van der Waals surface area (Å²) >= 11 is 0. The van der Waals surface area contributed by atoms with E-state index in [4.69, 9.17) is 19.3 Å². The van der Waals surface area contributed by atoms with Crippen molar-refractivity contribution in [3.8, 4) is 17.2 Å². The van der Waals surface area contributed by atoms with Crippen molar-refractivity contribution in [1.82, 2.24) is 5.43 Å². The number of benzene rings is 2. The topological polar surface area (TPSA) is 106 Å². The van der Waals surface area contributed by atoms with Crippen molar-refractivity contribution < 1.29 is 28.9 Å². The number of ether oxygens (including phenoxy) is 3. The van der Waals surface area contributed by atoms with Crippen LogP contribution in [0.4, 0.5) is 0 Å². The van der Waals surface area contributed by atoms with Crippen LogP contribution in [0.5, 0.6) is 17.2 Å². The minimum Gasteiger partial charge on any atom is -0.496 e. The van der Waals surface area contributed by atoms with Gasteiger partial charge in [-0.1, -0.05) is 12.1 Å². The number of hydrogen-bond acceptors (Lipinski definition) is 6. The first-order valence-corrected chi connectivity index (χ1v) is 8.42. The molecule has 0 saturated heterocycles. The highest BCUT2D eigenvalue weighted by Gasteiger charge is 2.11. The molecule has 0 atom stereocenters. The van der Waals surface area contributed by atoms with Crippen LogP contribution in [-0.2, 0) is 16.0 Å². The molecule has 0 heterocycles. The van der Waals surface area contributed by atoms with Crippen LogP contribution in [0.15, 0.2) is 47.6 Å². The second-order valence-electron chi connectivity index (χ2n) is 5.77. The van der Waals surface area contributed by atoms with E-state index in [-0.39, 0.29) is 13.0 Å². The summed E-state index contributed by atoms with van der Waals surface area (Å²) in [7, 11) is 2.99. The van der Waals surface area contributed by atoms with Crippen molar-refractivity contribution in [2.24, 2.45) is 5.10 Å². The lowest BCUT2D eigenvalue weighted by Gasteiger charge is -2.10. The van der Waals surface area contributed by atoms with Crippen LogP contribution in [0.2, 0.25) is 0 Å². The third kappa shape index (κ3) is 5.73. The number of methoxy groups -OCH3 is 2. The number of hydrogen-bond donors (Lipinski definition) is 2. The average molecular weight is 386 g/mol. The molecule has 0 unspecified atom stereocenters. The Morgan fingerprint density at radius 3 is 2.36 bits per heavy atom. The fraction of sp³-hybridized carbons (Fsp3) is 0.250. The molecule has 0 aromatic heterocycles. The molecule has 148 valence electrons. The number of hydrazone groups is 1. The predicted molar refractivity (Wildman–Crippen MR) is 103 cm³/mol. The maximum Gasteiger partial charge on any atom is 0.307 e. The number of carbonyl (C=O) groups excluding carboxylic acids is 1. The number of amides is 1. The summed E-state index contributed by atoms with van der Waals surface area (Å²) in [6.07, 6.45) is -0.177. The normalized spacial score (nSPS) is 10.9. The van der Waals surface area contributed by atoms with Gasteiger partial charge in [-0.15, -0.1) is 0 Å². The summed E-state index contributed by atoms with van der Waals surface area (Å²) in [5.41, 5.74) is 4.12. The Morgan fingerprint density at radius 2 is 1.71 bits per heavy atom. The maximum atomic E-state index is 12.0. The molecule has 2 aromatic rings. The summed E-state index contributed by atoms with van der Waals surface area (Å²) in [4.78, 5) is 23.0. The molecule has 8 nitrogen and oxygen atoms in total. The van der Waals surface area contributed by atoms with E-state index in [2.05, 4.69) is 10.5 Å². The van der Waals surface area contributed by atoms with Crippen LogP contribution in [-0.4, -0.2) is 43.5 Å². The highest BCUT2D eigenvalue weighted by Crippen LogP contribution is 2.25. The SMILES string of the molecule is COc1ccc(/C(C)=N\NC(=O)COc2ccccc2OC)cc1CC(=O)O. The van der Waals surface area contributed by atoms with Gasteiger partial charge in [-0.05, 0) is 42.8 Å². The third-order valence-corrected chi connectivity index (χ3v) is 3.82. The van der Waals surface area contributed by atoms with E-state index in [1.54, 1.807) is 49.4 Å². The number of aliphatic carboxylic acids is 1. The zero-order chi connectivity index (χ0) is 20.5. The number of rotatable bonds is 9. The zero-order valence-electron chi connectivity index (χ0n) is 15.9. The van der Waals surface area contributed by atoms with Gasteiger partial charge in [0, 0.05) is 5.56 Å². The second-order valence-corrected chi connectivity index (χ2v) is 5.77. The Morgan fingerprint density at radius 1 is 1.04 bits per heavy atom. The molecule has 28 heavy (non-hydrogen) atoms. The van der Waals surface area contributed by atoms with Gasteiger partial charge in [-0.3, -0.25) is 9.59 Å². The van der Waals surface area contributed by atoms with Gasteiger partial charge in [0.1, 0.15) is 5.75 Å². The molecule has 0 fully saturated rings. The second kappa shape index (κ2) is 9.96. The number of para-hydroxylation sites is 2. The van der Waals surface area contributed by atoms with E-state index >= 15 is 0 Å². The van der Waals surface area contributed by atoms with Crippen molar-refractivity contribution in [2.45, 2.75) is 13.3 Å². The van der Waals surface area contributed by atoms with E-state index in [9.17, 15) is 9.59 Å². The molecule has 0 saturated carbocycles. The number of nitrogens with one attached hydrogen (secondary N) is 1. The Labute approximate surface area is 162 Å². The minimum atomic E-state index is -0.966. The molecule has 0 aliphatic carbocycles. The Bertz CT molecular complexity index is 879. The number of carboxylic acid groups (broad SMARTS) is 1. The molecule has 0 aliphatic rings. The summed E-state index contributed by atoms with van der Waals surface area (Å²) in [6.45, 7) is 1.47. The van der Waals surface area contributed by atoms with Crippen LogP contribution in [0.1, 0.15) is 18.1 Å². The van der Waals surface area contributed by atoms with Crippen molar-refractivity contribution in [3.63, 3.8) is 0 Å². The smallest absolute Gasteiger partial charge is 0.307 e. The number of carbonyl (C=O) groups is 2. The zero-order valence-corrected chi connectivity index (χ0v) is 15.9. The van der Waals surface area contributed by atoms with Gasteiger partial charge >= 0.3 is 5.97 Å². The first kappa shape index (κ1) is 20.8. The predicted octanol–water partition coefficient (Wildman–Crippen LogP) is 2.25. The van der Waals surface area contributed by atoms with E-state index in [0.29, 0.717) is 34.1 Å². The van der Waals surface area contributed by atoms with E-state index in [1.807, 2.05) is 0 Å². The summed E-state index contributed by atoms with van der Waals surface area (Å²) < 4.78 is 15.8. The quantitative estimate of drug-likeness (QED) is 0.506. The van der Waals surface area contributed by atoms with Crippen LogP contribution in [0, 0.1) is 0 Å². The van der Waals surface area contributed by atoms with Crippen molar-refractivity contribution in [1.29, 1.82) is 0 Å². The third-order valence-electron chi connectivity index (χ3n) is 3.82. The fourth-order valence-corrected chi connectivity index (χ4v) is 2.43. The molecule has 2 aromatic carbocycles. The lowest BCUT2D eigenvalue weighted by atomic mass is 10.0. The molecular formula is C20H22N2O6. The van der Waals surface area contributed by atoms with Crippen LogP contribution >= 0.6 is 0 Å². The van der Waals surface area contributed by atoms with Crippen LogP contribution in [0.25, 0.3) is 0 Å². The average Bonchev–Trinajstić information content (AvgIpc) is 2.70. The largest absolute Gasteiger partial charge is 0.496 e. The van der Waals surface area contributed by atoms with Gasteiger partial charge < -0.3 is 19.3 Å². The lowest BCUT2D eigenvalue weighted by Crippen LogP contribution is -2.25. The molecule has 0 aliphatic heterocycles. The van der Waals surface area contributed by atoms with E-state index < -0.39 is 11.9 Å². The Kier molecular flexibility index (Phi) is 7.38. The standard InChI is InChI=1S/C20H22N2O6/c1-13(14-8-9-16(26-2)15(10-14)11-20(24)25)21-22-19(23)12-28-18-7-5-4-6-17(18)27-3/h4-10H,11-12H2,1-3H3,(H,22,23)(H,24,25)/b21-13-. The highest BCUT2D eigenvalue weighted by molar-refractivity contribution is 5.99. The fourth-order valence-electron chi connectivity index (χ4n) is 2.43. The van der Waals surface area contributed by atoms with Crippen molar-refractivity contribution in [2.75, 3.05) is 20.8 Å². The van der Waals surface area contributed by atoms with Crippen LogP contribution in [0.3, 0.4) is 0 Å². The van der Waals surface area contributed by atoms with Crippen molar-refractivity contribution >= 4 is 17.6 Å².